The van der Waals surface area contributed by atoms with E-state index >= 15 is 0 Å². The van der Waals surface area contributed by atoms with Gasteiger partial charge in [0.15, 0.2) is 0 Å². The Kier molecular flexibility index (Phi) is 4.01. The van der Waals surface area contributed by atoms with E-state index in [1.807, 2.05) is 6.20 Å². The summed E-state index contributed by atoms with van der Waals surface area (Å²) >= 11 is 0. The van der Waals surface area contributed by atoms with Crippen LogP contribution in [0.1, 0.15) is 17.1 Å². The van der Waals surface area contributed by atoms with E-state index in [-0.39, 0.29) is 18.1 Å². The van der Waals surface area contributed by atoms with Crippen LogP contribution < -0.4 is 0 Å². The zero-order chi connectivity index (χ0) is 17.2. The number of fused-ring (bicyclic) bond motifs is 1. The molecule has 0 saturated heterocycles. The Morgan fingerprint density at radius 1 is 1.28 bits per heavy atom. The highest BCUT2D eigenvalue weighted by Gasteiger charge is 2.22. The topological polar surface area (TPSA) is 68.8 Å². The fraction of sp³-hybridized carbons (Fsp3) is 0.294. The number of halogens is 1. The normalized spacial score (nSPS) is 13.7. The summed E-state index contributed by atoms with van der Waals surface area (Å²) in [5, 5.41) is 4.08. The zero-order valence-corrected chi connectivity index (χ0v) is 13.5. The highest BCUT2D eigenvalue weighted by molar-refractivity contribution is 5.78. The lowest BCUT2D eigenvalue weighted by molar-refractivity contribution is -0.132. The molecule has 0 N–H and O–H groups in total. The van der Waals surface area contributed by atoms with Crippen LogP contribution in [-0.4, -0.2) is 41.7 Å². The maximum atomic E-state index is 13.3. The van der Waals surface area contributed by atoms with Crippen molar-refractivity contribution in [1.29, 1.82) is 0 Å². The molecule has 1 aromatic carbocycles. The van der Waals surface area contributed by atoms with Gasteiger partial charge in [0.25, 0.3) is 0 Å². The van der Waals surface area contributed by atoms with Gasteiger partial charge in [-0.25, -0.2) is 19.0 Å². The Hall–Kier alpha value is -3.03. The average Bonchev–Trinajstić information content (AvgIpc) is 3.23. The van der Waals surface area contributed by atoms with Gasteiger partial charge in [0.2, 0.25) is 5.91 Å². The molecule has 3 heterocycles. The molecular weight excluding hydrogens is 323 g/mol. The Morgan fingerprint density at radius 3 is 3.00 bits per heavy atom. The maximum absolute atomic E-state index is 13.3. The van der Waals surface area contributed by atoms with Crippen LogP contribution in [0, 0.1) is 5.82 Å². The lowest BCUT2D eigenvalue weighted by Gasteiger charge is -2.27. The summed E-state index contributed by atoms with van der Waals surface area (Å²) in [6.07, 6.45) is 5.33. The Bertz CT molecular complexity index is 888. The molecule has 3 aromatic rings. The minimum absolute atomic E-state index is 0.0160. The maximum Gasteiger partial charge on any atom is 0.227 e. The van der Waals surface area contributed by atoms with Crippen molar-refractivity contribution >= 4 is 5.91 Å². The SMILES string of the molecule is O=C(Cc1cccc(F)c1)N1CCn2cc(Cn3cncn3)nc2C1. The fourth-order valence-electron chi connectivity index (χ4n) is 3.01. The summed E-state index contributed by atoms with van der Waals surface area (Å²) in [7, 11) is 0. The van der Waals surface area contributed by atoms with Gasteiger partial charge in [-0.3, -0.25) is 4.79 Å². The second kappa shape index (κ2) is 6.46. The van der Waals surface area contributed by atoms with Crippen molar-refractivity contribution in [3.8, 4) is 0 Å². The first-order valence-electron chi connectivity index (χ1n) is 8.07. The molecule has 0 saturated carbocycles. The summed E-state index contributed by atoms with van der Waals surface area (Å²) in [4.78, 5) is 22.8. The molecule has 1 aliphatic rings. The molecule has 7 nitrogen and oxygen atoms in total. The van der Waals surface area contributed by atoms with Crippen molar-refractivity contribution < 1.29 is 9.18 Å². The highest BCUT2D eigenvalue weighted by Crippen LogP contribution is 2.15. The quantitative estimate of drug-likeness (QED) is 0.717. The molecule has 8 heteroatoms. The average molecular weight is 340 g/mol. The zero-order valence-electron chi connectivity index (χ0n) is 13.5. The molecule has 0 fully saturated rings. The van der Waals surface area contributed by atoms with Crippen molar-refractivity contribution in [2.45, 2.75) is 26.1 Å². The summed E-state index contributed by atoms with van der Waals surface area (Å²) in [6, 6.07) is 6.17. The van der Waals surface area contributed by atoms with Crippen LogP contribution in [0.4, 0.5) is 4.39 Å². The van der Waals surface area contributed by atoms with Gasteiger partial charge >= 0.3 is 0 Å². The van der Waals surface area contributed by atoms with Gasteiger partial charge < -0.3 is 9.47 Å². The molecule has 0 spiro atoms. The predicted molar refractivity (Wildman–Crippen MR) is 86.9 cm³/mol. The Labute approximate surface area is 143 Å². The van der Waals surface area contributed by atoms with Gasteiger partial charge in [0.1, 0.15) is 24.3 Å². The largest absolute Gasteiger partial charge is 0.333 e. The molecule has 1 amide bonds. The molecule has 0 unspecified atom stereocenters. The highest BCUT2D eigenvalue weighted by atomic mass is 19.1. The molecular formula is C17H17FN6O. The van der Waals surface area contributed by atoms with Crippen molar-refractivity contribution in [2.24, 2.45) is 0 Å². The first-order valence-corrected chi connectivity index (χ1v) is 8.07. The van der Waals surface area contributed by atoms with Gasteiger partial charge in [-0.2, -0.15) is 5.10 Å². The minimum Gasteiger partial charge on any atom is -0.333 e. The number of benzene rings is 1. The van der Waals surface area contributed by atoms with E-state index in [0.29, 0.717) is 31.7 Å². The van der Waals surface area contributed by atoms with Gasteiger partial charge in [-0.15, -0.1) is 0 Å². The lowest BCUT2D eigenvalue weighted by atomic mass is 10.1. The van der Waals surface area contributed by atoms with E-state index in [2.05, 4.69) is 19.6 Å². The van der Waals surface area contributed by atoms with Crippen LogP contribution >= 0.6 is 0 Å². The van der Waals surface area contributed by atoms with Gasteiger partial charge in [0, 0.05) is 19.3 Å². The number of hydrogen-bond acceptors (Lipinski definition) is 4. The van der Waals surface area contributed by atoms with E-state index in [1.54, 1.807) is 28.0 Å². The smallest absolute Gasteiger partial charge is 0.227 e. The number of carbonyl (C=O) groups excluding carboxylic acids is 1. The summed E-state index contributed by atoms with van der Waals surface area (Å²) < 4.78 is 17.0. The molecule has 128 valence electrons. The Balaban J connectivity index is 1.43. The monoisotopic (exact) mass is 340 g/mol. The second-order valence-corrected chi connectivity index (χ2v) is 6.06. The number of hydrogen-bond donors (Lipinski definition) is 0. The van der Waals surface area contributed by atoms with Gasteiger partial charge in [-0.05, 0) is 17.7 Å². The standard InChI is InChI=1S/C17H17FN6O/c18-14-3-1-2-13(6-14)7-17(25)23-5-4-22-8-15(21-16(22)10-23)9-24-12-19-11-20-24/h1-3,6,8,11-12H,4-5,7,9-10H2. The number of aromatic nitrogens is 5. The van der Waals surface area contributed by atoms with E-state index < -0.39 is 0 Å². The van der Waals surface area contributed by atoms with Crippen LogP contribution in [0.3, 0.4) is 0 Å². The first-order chi connectivity index (χ1) is 12.2. The van der Waals surface area contributed by atoms with Crippen molar-refractivity contribution in [3.05, 3.63) is 66.0 Å². The molecule has 4 rings (SSSR count). The number of carbonyl (C=O) groups is 1. The van der Waals surface area contributed by atoms with Crippen LogP contribution in [-0.2, 0) is 30.8 Å². The molecule has 0 bridgehead atoms. The van der Waals surface area contributed by atoms with E-state index in [4.69, 9.17) is 0 Å². The van der Waals surface area contributed by atoms with E-state index in [1.165, 1.54) is 18.5 Å². The summed E-state index contributed by atoms with van der Waals surface area (Å²) in [5.41, 5.74) is 1.57. The molecule has 0 radical (unpaired) electrons. The number of amides is 1. The van der Waals surface area contributed by atoms with Crippen LogP contribution in [0.5, 0.6) is 0 Å². The number of imidazole rings is 1. The van der Waals surface area contributed by atoms with Gasteiger partial charge in [-0.1, -0.05) is 12.1 Å². The third-order valence-electron chi connectivity index (χ3n) is 4.24. The molecule has 0 aliphatic carbocycles. The van der Waals surface area contributed by atoms with Crippen molar-refractivity contribution in [3.63, 3.8) is 0 Å². The van der Waals surface area contributed by atoms with Crippen LogP contribution in [0.2, 0.25) is 0 Å². The molecule has 1 aliphatic heterocycles. The van der Waals surface area contributed by atoms with E-state index in [9.17, 15) is 9.18 Å². The minimum atomic E-state index is -0.322. The fourth-order valence-corrected chi connectivity index (χ4v) is 3.01. The number of nitrogens with zero attached hydrogens (tertiary/aromatic N) is 6. The first kappa shape index (κ1) is 15.5. The number of rotatable bonds is 4. The Morgan fingerprint density at radius 2 is 2.20 bits per heavy atom. The predicted octanol–water partition coefficient (Wildman–Crippen LogP) is 1.25. The van der Waals surface area contributed by atoms with Crippen LogP contribution in [0.15, 0.2) is 43.1 Å². The molecule has 25 heavy (non-hydrogen) atoms. The summed E-state index contributed by atoms with van der Waals surface area (Å²) in [5.74, 6) is 0.517. The summed E-state index contributed by atoms with van der Waals surface area (Å²) in [6.45, 7) is 2.34. The van der Waals surface area contributed by atoms with E-state index in [0.717, 1.165) is 11.5 Å². The van der Waals surface area contributed by atoms with Gasteiger partial charge in [0.05, 0.1) is 25.2 Å². The molecule has 0 atom stereocenters. The van der Waals surface area contributed by atoms with Crippen LogP contribution in [0.25, 0.3) is 0 Å². The second-order valence-electron chi connectivity index (χ2n) is 6.06. The third-order valence-corrected chi connectivity index (χ3v) is 4.24. The van der Waals surface area contributed by atoms with Crippen molar-refractivity contribution in [1.82, 2.24) is 29.2 Å². The lowest BCUT2D eigenvalue weighted by Crippen LogP contribution is -2.39. The van der Waals surface area contributed by atoms with Crippen molar-refractivity contribution in [2.75, 3.05) is 6.54 Å². The third kappa shape index (κ3) is 3.42. The molecule has 2 aromatic heterocycles.